The van der Waals surface area contributed by atoms with E-state index >= 15 is 0 Å². The molecule has 0 aliphatic rings. The Balaban J connectivity index is 1.78. The second-order valence-corrected chi connectivity index (χ2v) is 9.98. The van der Waals surface area contributed by atoms with Crippen LogP contribution in [0.25, 0.3) is 0 Å². The van der Waals surface area contributed by atoms with E-state index < -0.39 is 27.4 Å². The van der Waals surface area contributed by atoms with E-state index in [1.54, 1.807) is 64.1 Å². The monoisotopic (exact) mass is 455 g/mol. The van der Waals surface area contributed by atoms with E-state index in [1.165, 1.54) is 24.5 Å². The number of amides is 2. The molecule has 168 valence electrons. The molecule has 2 aromatic carbocycles. The number of carbonyl (C=O) groups is 2. The molecule has 0 bridgehead atoms. The Kier molecular flexibility index (Phi) is 6.52. The van der Waals surface area contributed by atoms with E-state index in [1.807, 2.05) is 0 Å². The molecule has 0 radical (unpaired) electrons. The molecule has 1 aromatic heterocycles. The van der Waals surface area contributed by atoms with Gasteiger partial charge in [0.25, 0.3) is 11.8 Å². The summed E-state index contributed by atoms with van der Waals surface area (Å²) in [7, 11) is -3.75. The van der Waals surface area contributed by atoms with Gasteiger partial charge in [0.15, 0.2) is 5.76 Å². The van der Waals surface area contributed by atoms with Gasteiger partial charge in [0.05, 0.1) is 11.2 Å². The zero-order valence-corrected chi connectivity index (χ0v) is 19.0. The first-order valence-corrected chi connectivity index (χ1v) is 11.3. The smallest absolute Gasteiger partial charge is 0.291 e. The minimum atomic E-state index is -3.75. The normalized spacial score (nSPS) is 11.8. The zero-order valence-electron chi connectivity index (χ0n) is 18.2. The van der Waals surface area contributed by atoms with E-state index in [4.69, 9.17) is 4.42 Å². The first-order valence-electron chi connectivity index (χ1n) is 9.85. The molecule has 0 atom stereocenters. The van der Waals surface area contributed by atoms with Gasteiger partial charge in [0.2, 0.25) is 10.0 Å². The van der Waals surface area contributed by atoms with Gasteiger partial charge in [-0.1, -0.05) is 12.1 Å². The Labute approximate surface area is 187 Å². The number of nitrogens with one attached hydrogen (secondary N) is 3. The number of anilines is 2. The fraction of sp³-hybridized carbons (Fsp3) is 0.217. The lowest BCUT2D eigenvalue weighted by molar-refractivity contribution is 0.0993. The minimum absolute atomic E-state index is 0.0422. The Morgan fingerprint density at radius 2 is 1.66 bits per heavy atom. The summed E-state index contributed by atoms with van der Waals surface area (Å²) in [4.78, 5) is 25.1. The van der Waals surface area contributed by atoms with Gasteiger partial charge in [-0.2, -0.15) is 0 Å². The lowest BCUT2D eigenvalue weighted by Crippen LogP contribution is -2.40. The molecule has 3 rings (SSSR count). The third kappa shape index (κ3) is 5.83. The number of carbonyl (C=O) groups excluding carboxylic acids is 2. The quantitative estimate of drug-likeness (QED) is 0.516. The highest BCUT2D eigenvalue weighted by molar-refractivity contribution is 7.89. The second kappa shape index (κ2) is 8.97. The number of aryl methyl sites for hydroxylation is 1. The number of sulfonamides is 1. The van der Waals surface area contributed by atoms with Crippen LogP contribution in [0.2, 0.25) is 0 Å². The first kappa shape index (κ1) is 23.2. The predicted molar refractivity (Wildman–Crippen MR) is 122 cm³/mol. The van der Waals surface area contributed by atoms with E-state index in [2.05, 4.69) is 15.4 Å². The summed E-state index contributed by atoms with van der Waals surface area (Å²) in [5.41, 5.74) is 1.21. The Morgan fingerprint density at radius 3 is 2.31 bits per heavy atom. The Morgan fingerprint density at radius 1 is 0.906 bits per heavy atom. The van der Waals surface area contributed by atoms with Crippen LogP contribution in [0.15, 0.2) is 70.2 Å². The van der Waals surface area contributed by atoms with Crippen LogP contribution in [0.1, 0.15) is 47.2 Å². The molecular weight excluding hydrogens is 430 g/mol. The lowest BCUT2D eigenvalue weighted by Gasteiger charge is -2.20. The molecule has 1 heterocycles. The van der Waals surface area contributed by atoms with Gasteiger partial charge in [-0.15, -0.1) is 0 Å². The Bertz CT molecular complexity index is 1240. The van der Waals surface area contributed by atoms with Gasteiger partial charge in [0, 0.05) is 22.5 Å². The van der Waals surface area contributed by atoms with Crippen molar-refractivity contribution in [1.29, 1.82) is 0 Å². The first-order chi connectivity index (χ1) is 14.9. The second-order valence-electron chi connectivity index (χ2n) is 8.30. The molecular formula is C23H25N3O5S. The van der Waals surface area contributed by atoms with Crippen LogP contribution in [0.5, 0.6) is 0 Å². The maximum Gasteiger partial charge on any atom is 0.291 e. The van der Waals surface area contributed by atoms with Crippen molar-refractivity contribution < 1.29 is 22.4 Å². The third-order valence-corrected chi connectivity index (χ3v) is 6.09. The maximum absolute atomic E-state index is 12.8. The molecule has 0 unspecified atom stereocenters. The maximum atomic E-state index is 12.8. The average Bonchev–Trinajstić information content (AvgIpc) is 3.23. The molecule has 0 aliphatic heterocycles. The third-order valence-electron chi connectivity index (χ3n) is 4.34. The van der Waals surface area contributed by atoms with Crippen LogP contribution in [0.4, 0.5) is 11.4 Å². The molecule has 0 fully saturated rings. The van der Waals surface area contributed by atoms with Crippen molar-refractivity contribution in [2.45, 2.75) is 38.1 Å². The van der Waals surface area contributed by atoms with Crippen molar-refractivity contribution in [3.63, 3.8) is 0 Å². The number of hydrogen-bond donors (Lipinski definition) is 3. The van der Waals surface area contributed by atoms with Crippen molar-refractivity contribution in [3.8, 4) is 0 Å². The molecule has 0 aliphatic carbocycles. The van der Waals surface area contributed by atoms with Gasteiger partial charge in [-0.25, -0.2) is 13.1 Å². The highest BCUT2D eigenvalue weighted by Gasteiger charge is 2.22. The summed E-state index contributed by atoms with van der Waals surface area (Å²) in [6, 6.07) is 14.0. The number of rotatable bonds is 6. The van der Waals surface area contributed by atoms with Crippen molar-refractivity contribution in [3.05, 3.63) is 77.7 Å². The van der Waals surface area contributed by atoms with Crippen LogP contribution in [-0.4, -0.2) is 25.8 Å². The largest absolute Gasteiger partial charge is 0.459 e. The fourth-order valence-corrected chi connectivity index (χ4v) is 4.36. The van der Waals surface area contributed by atoms with Gasteiger partial charge >= 0.3 is 0 Å². The van der Waals surface area contributed by atoms with Crippen molar-refractivity contribution >= 4 is 33.2 Å². The van der Waals surface area contributed by atoms with Crippen LogP contribution in [0, 0.1) is 6.92 Å². The topological polar surface area (TPSA) is 118 Å². The van der Waals surface area contributed by atoms with Crippen LogP contribution < -0.4 is 15.4 Å². The molecule has 3 N–H and O–H groups in total. The van der Waals surface area contributed by atoms with Crippen molar-refractivity contribution in [2.24, 2.45) is 0 Å². The molecule has 2 amide bonds. The molecule has 0 saturated carbocycles. The summed E-state index contributed by atoms with van der Waals surface area (Å²) in [6.45, 7) is 7.04. The SMILES string of the molecule is Cc1ccc(C(=O)Nc2cccc(S(=O)(=O)NC(C)(C)C)c2)cc1NC(=O)c1ccco1. The fourth-order valence-electron chi connectivity index (χ4n) is 2.90. The van der Waals surface area contributed by atoms with E-state index in [-0.39, 0.29) is 10.7 Å². The number of furan rings is 1. The highest BCUT2D eigenvalue weighted by atomic mass is 32.2. The number of hydrogen-bond acceptors (Lipinski definition) is 5. The van der Waals surface area contributed by atoms with Gasteiger partial charge in [-0.3, -0.25) is 9.59 Å². The highest BCUT2D eigenvalue weighted by Crippen LogP contribution is 2.21. The van der Waals surface area contributed by atoms with Gasteiger partial charge in [0.1, 0.15) is 0 Å². The molecule has 0 saturated heterocycles. The van der Waals surface area contributed by atoms with E-state index in [9.17, 15) is 18.0 Å². The minimum Gasteiger partial charge on any atom is -0.459 e. The zero-order chi connectivity index (χ0) is 23.5. The van der Waals surface area contributed by atoms with Crippen LogP contribution in [0.3, 0.4) is 0 Å². The predicted octanol–water partition coefficient (Wildman–Crippen LogP) is 4.17. The van der Waals surface area contributed by atoms with E-state index in [0.29, 0.717) is 16.9 Å². The molecule has 32 heavy (non-hydrogen) atoms. The molecule has 8 nitrogen and oxygen atoms in total. The summed E-state index contributed by atoms with van der Waals surface area (Å²) in [5.74, 6) is -0.724. The van der Waals surface area contributed by atoms with Crippen LogP contribution >= 0.6 is 0 Å². The molecule has 3 aromatic rings. The van der Waals surface area contributed by atoms with Gasteiger partial charge < -0.3 is 15.1 Å². The van der Waals surface area contributed by atoms with Crippen molar-refractivity contribution in [2.75, 3.05) is 10.6 Å². The molecule has 9 heteroatoms. The number of benzene rings is 2. The lowest BCUT2D eigenvalue weighted by atomic mass is 10.1. The van der Waals surface area contributed by atoms with E-state index in [0.717, 1.165) is 5.56 Å². The summed E-state index contributed by atoms with van der Waals surface area (Å²) >= 11 is 0. The summed E-state index contributed by atoms with van der Waals surface area (Å²) in [5, 5.41) is 5.42. The van der Waals surface area contributed by atoms with Crippen LogP contribution in [-0.2, 0) is 10.0 Å². The average molecular weight is 456 g/mol. The Hall–Kier alpha value is -3.43. The van der Waals surface area contributed by atoms with Gasteiger partial charge in [-0.05, 0) is 75.7 Å². The molecule has 0 spiro atoms. The van der Waals surface area contributed by atoms with Crippen molar-refractivity contribution in [1.82, 2.24) is 4.72 Å². The standard InChI is InChI=1S/C23H25N3O5S/c1-15-10-11-16(13-19(15)25-22(28)20-9-6-12-31-20)21(27)24-17-7-5-8-18(14-17)32(29,30)26-23(2,3)4/h5-14,26H,1-4H3,(H,24,27)(H,25,28). The summed E-state index contributed by atoms with van der Waals surface area (Å²) in [6.07, 6.45) is 1.40. The summed E-state index contributed by atoms with van der Waals surface area (Å²) < 4.78 is 32.8.